The molecule has 0 spiro atoms. The van der Waals surface area contributed by atoms with Crippen molar-refractivity contribution >= 4 is 0 Å². The van der Waals surface area contributed by atoms with Crippen LogP contribution in [0, 0.1) is 0 Å². The van der Waals surface area contributed by atoms with Gasteiger partial charge in [-0.3, -0.25) is 4.57 Å². The molecule has 0 amide bonds. The Hall–Kier alpha value is -1.81. The Kier molecular flexibility index (Phi) is 2.92. The second kappa shape index (κ2) is 4.37. The summed E-state index contributed by atoms with van der Waals surface area (Å²) in [6.45, 7) is 0.618. The molecule has 0 bridgehead atoms. The topological polar surface area (TPSA) is 52.9 Å². The van der Waals surface area contributed by atoms with E-state index in [0.717, 1.165) is 17.7 Å². The number of aromatic nitrogens is 2. The Morgan fingerprint density at radius 1 is 1.31 bits per heavy atom. The van der Waals surface area contributed by atoms with Crippen LogP contribution in [0.15, 0.2) is 41.5 Å². The van der Waals surface area contributed by atoms with Gasteiger partial charge in [0.05, 0.1) is 5.69 Å². The van der Waals surface area contributed by atoms with Gasteiger partial charge in [-0.25, -0.2) is 4.79 Å². The van der Waals surface area contributed by atoms with Gasteiger partial charge in [-0.1, -0.05) is 12.1 Å². The number of benzene rings is 1. The predicted octanol–water partition coefficient (Wildman–Crippen LogP) is 0.677. The molecule has 4 nitrogen and oxygen atoms in total. The molecule has 1 heterocycles. The van der Waals surface area contributed by atoms with Crippen LogP contribution in [0.4, 0.5) is 0 Å². The van der Waals surface area contributed by atoms with Gasteiger partial charge in [-0.15, -0.1) is 0 Å². The van der Waals surface area contributed by atoms with Gasteiger partial charge < -0.3 is 10.3 Å². The fraction of sp³-hybridized carbons (Fsp3) is 0.250. The van der Waals surface area contributed by atoms with Crippen LogP contribution in [0.3, 0.4) is 0 Å². The monoisotopic (exact) mass is 217 g/mol. The molecule has 0 unspecified atom stereocenters. The van der Waals surface area contributed by atoms with Crippen LogP contribution in [-0.4, -0.2) is 15.7 Å². The number of aryl methyl sites for hydroxylation is 1. The molecule has 2 aromatic rings. The molecule has 0 fully saturated rings. The Bertz CT molecular complexity index is 539. The van der Waals surface area contributed by atoms with E-state index in [4.69, 9.17) is 5.73 Å². The van der Waals surface area contributed by atoms with Crippen LogP contribution >= 0.6 is 0 Å². The summed E-state index contributed by atoms with van der Waals surface area (Å²) in [6.07, 6.45) is 4.34. The van der Waals surface area contributed by atoms with Gasteiger partial charge in [-0.2, -0.15) is 0 Å². The Balaban J connectivity index is 2.44. The molecule has 16 heavy (non-hydrogen) atoms. The number of imidazole rings is 1. The van der Waals surface area contributed by atoms with E-state index in [1.54, 1.807) is 28.6 Å². The molecule has 0 saturated heterocycles. The highest BCUT2D eigenvalue weighted by Crippen LogP contribution is 2.08. The summed E-state index contributed by atoms with van der Waals surface area (Å²) in [5, 5.41) is 0. The first kappa shape index (κ1) is 10.7. The smallest absolute Gasteiger partial charge is 0.330 e. The molecule has 0 aliphatic heterocycles. The zero-order chi connectivity index (χ0) is 11.5. The summed E-state index contributed by atoms with van der Waals surface area (Å²) in [5.41, 5.74) is 7.51. The molecular weight excluding hydrogens is 202 g/mol. The van der Waals surface area contributed by atoms with E-state index in [-0.39, 0.29) is 5.69 Å². The molecule has 2 rings (SSSR count). The van der Waals surface area contributed by atoms with Gasteiger partial charge >= 0.3 is 5.69 Å². The SMILES string of the molecule is Cn1ccn(-c2cccc(CCN)c2)c1=O. The van der Waals surface area contributed by atoms with E-state index in [1.807, 2.05) is 24.3 Å². The first-order valence-electron chi connectivity index (χ1n) is 5.26. The second-order valence-electron chi connectivity index (χ2n) is 3.77. The quantitative estimate of drug-likeness (QED) is 0.822. The maximum absolute atomic E-state index is 11.7. The van der Waals surface area contributed by atoms with Crippen molar-refractivity contribution in [3.63, 3.8) is 0 Å². The lowest BCUT2D eigenvalue weighted by Gasteiger charge is -2.04. The molecule has 0 aliphatic rings. The zero-order valence-electron chi connectivity index (χ0n) is 9.26. The molecule has 4 heteroatoms. The minimum absolute atomic E-state index is 0.0371. The third kappa shape index (κ3) is 1.92. The van der Waals surface area contributed by atoms with Gasteiger partial charge in [0.25, 0.3) is 0 Å². The third-order valence-electron chi connectivity index (χ3n) is 2.57. The van der Waals surface area contributed by atoms with Gasteiger partial charge in [0, 0.05) is 19.4 Å². The number of rotatable bonds is 3. The number of hydrogen-bond donors (Lipinski definition) is 1. The molecule has 2 N–H and O–H groups in total. The number of hydrogen-bond acceptors (Lipinski definition) is 2. The summed E-state index contributed by atoms with van der Waals surface area (Å²) < 4.78 is 3.18. The van der Waals surface area contributed by atoms with Crippen molar-refractivity contribution in [1.82, 2.24) is 9.13 Å². The molecule has 0 aliphatic carbocycles. The van der Waals surface area contributed by atoms with Crippen molar-refractivity contribution < 1.29 is 0 Å². The van der Waals surface area contributed by atoms with Gasteiger partial charge in [0.15, 0.2) is 0 Å². The lowest BCUT2D eigenvalue weighted by molar-refractivity contribution is 0.823. The number of nitrogens with zero attached hydrogens (tertiary/aromatic N) is 2. The van der Waals surface area contributed by atoms with Crippen molar-refractivity contribution in [2.45, 2.75) is 6.42 Å². The van der Waals surface area contributed by atoms with Crippen LogP contribution in [0.25, 0.3) is 5.69 Å². The van der Waals surface area contributed by atoms with Gasteiger partial charge in [-0.05, 0) is 30.7 Å². The molecular formula is C12H15N3O. The fourth-order valence-corrected chi connectivity index (χ4v) is 1.69. The van der Waals surface area contributed by atoms with Crippen molar-refractivity contribution in [3.05, 3.63) is 52.7 Å². The summed E-state index contributed by atoms with van der Waals surface area (Å²) in [6, 6.07) is 7.87. The van der Waals surface area contributed by atoms with Crippen LogP contribution < -0.4 is 11.4 Å². The van der Waals surface area contributed by atoms with Crippen molar-refractivity contribution in [3.8, 4) is 5.69 Å². The van der Waals surface area contributed by atoms with E-state index in [1.165, 1.54) is 0 Å². The maximum atomic E-state index is 11.7. The van der Waals surface area contributed by atoms with E-state index in [9.17, 15) is 4.79 Å². The Morgan fingerprint density at radius 3 is 2.75 bits per heavy atom. The molecule has 0 radical (unpaired) electrons. The van der Waals surface area contributed by atoms with Crippen molar-refractivity contribution in [1.29, 1.82) is 0 Å². The van der Waals surface area contributed by atoms with E-state index >= 15 is 0 Å². The normalized spacial score (nSPS) is 10.6. The second-order valence-corrected chi connectivity index (χ2v) is 3.77. The molecule has 1 aromatic heterocycles. The summed E-state index contributed by atoms with van der Waals surface area (Å²) in [5.74, 6) is 0. The van der Waals surface area contributed by atoms with Crippen LogP contribution in [-0.2, 0) is 13.5 Å². The lowest BCUT2D eigenvalue weighted by atomic mass is 10.1. The predicted molar refractivity (Wildman–Crippen MR) is 63.8 cm³/mol. The number of nitrogens with two attached hydrogens (primary N) is 1. The van der Waals surface area contributed by atoms with Crippen LogP contribution in [0.5, 0.6) is 0 Å². The standard InChI is InChI=1S/C12H15N3O/c1-14-7-8-15(12(14)16)11-4-2-3-10(9-11)5-6-13/h2-4,7-9H,5-6,13H2,1H3. The average Bonchev–Trinajstić information content (AvgIpc) is 2.61. The van der Waals surface area contributed by atoms with Crippen LogP contribution in [0.1, 0.15) is 5.56 Å². The summed E-state index contributed by atoms with van der Waals surface area (Å²) in [4.78, 5) is 11.7. The van der Waals surface area contributed by atoms with E-state index in [0.29, 0.717) is 6.54 Å². The highest BCUT2D eigenvalue weighted by molar-refractivity contribution is 5.36. The molecule has 84 valence electrons. The minimum Gasteiger partial charge on any atom is -0.330 e. The molecule has 0 saturated carbocycles. The maximum Gasteiger partial charge on any atom is 0.332 e. The first-order valence-corrected chi connectivity index (χ1v) is 5.26. The zero-order valence-corrected chi connectivity index (χ0v) is 9.26. The molecule has 0 atom stereocenters. The first-order chi connectivity index (χ1) is 7.72. The minimum atomic E-state index is -0.0371. The summed E-state index contributed by atoms with van der Waals surface area (Å²) >= 11 is 0. The molecule has 1 aromatic carbocycles. The van der Waals surface area contributed by atoms with Crippen molar-refractivity contribution in [2.75, 3.05) is 6.54 Å². The third-order valence-corrected chi connectivity index (χ3v) is 2.57. The highest BCUT2D eigenvalue weighted by Gasteiger charge is 2.02. The van der Waals surface area contributed by atoms with Crippen molar-refractivity contribution in [2.24, 2.45) is 12.8 Å². The lowest BCUT2D eigenvalue weighted by Crippen LogP contribution is -2.20. The average molecular weight is 217 g/mol. The summed E-state index contributed by atoms with van der Waals surface area (Å²) in [7, 11) is 1.74. The largest absolute Gasteiger partial charge is 0.332 e. The Morgan fingerprint density at radius 2 is 2.12 bits per heavy atom. The van der Waals surface area contributed by atoms with Gasteiger partial charge in [0.2, 0.25) is 0 Å². The Labute approximate surface area is 93.9 Å². The fourth-order valence-electron chi connectivity index (χ4n) is 1.69. The van der Waals surface area contributed by atoms with Crippen LogP contribution in [0.2, 0.25) is 0 Å². The van der Waals surface area contributed by atoms with E-state index in [2.05, 4.69) is 0 Å². The highest BCUT2D eigenvalue weighted by atomic mass is 16.1. The van der Waals surface area contributed by atoms with Gasteiger partial charge in [0.1, 0.15) is 0 Å². The van der Waals surface area contributed by atoms with E-state index < -0.39 is 0 Å².